The number of pyridine rings is 1. The van der Waals surface area contributed by atoms with E-state index >= 15 is 0 Å². The maximum Gasteiger partial charge on any atom is 0.213 e. The molecule has 0 aliphatic heterocycles. The van der Waals surface area contributed by atoms with E-state index in [-0.39, 0.29) is 0 Å². The van der Waals surface area contributed by atoms with Crippen LogP contribution in [0.3, 0.4) is 0 Å². The van der Waals surface area contributed by atoms with Crippen LogP contribution in [0.25, 0.3) is 0 Å². The molecule has 0 saturated heterocycles. The summed E-state index contributed by atoms with van der Waals surface area (Å²) < 4.78 is 5.14. The Morgan fingerprint density at radius 3 is 2.67 bits per heavy atom. The first-order chi connectivity index (χ1) is 8.67. The van der Waals surface area contributed by atoms with Crippen LogP contribution in [0.15, 0.2) is 18.3 Å². The zero-order valence-electron chi connectivity index (χ0n) is 11.6. The third-order valence-electron chi connectivity index (χ3n) is 3.78. The van der Waals surface area contributed by atoms with E-state index < -0.39 is 0 Å². The number of hydrogen-bond acceptors (Lipinski definition) is 3. The molecule has 1 aromatic heterocycles. The Morgan fingerprint density at radius 2 is 2.00 bits per heavy atom. The van der Waals surface area contributed by atoms with Crippen LogP contribution in [-0.4, -0.2) is 18.1 Å². The Labute approximate surface area is 110 Å². The van der Waals surface area contributed by atoms with Gasteiger partial charge in [0.1, 0.15) is 0 Å². The van der Waals surface area contributed by atoms with Crippen LogP contribution in [0.1, 0.15) is 38.7 Å². The normalized spacial score (nSPS) is 28.1. The highest BCUT2D eigenvalue weighted by molar-refractivity contribution is 5.20. The van der Waals surface area contributed by atoms with Crippen LogP contribution in [0.5, 0.6) is 5.88 Å². The summed E-state index contributed by atoms with van der Waals surface area (Å²) in [7, 11) is 1.66. The van der Waals surface area contributed by atoms with E-state index in [9.17, 15) is 0 Å². The van der Waals surface area contributed by atoms with Gasteiger partial charge in [0.2, 0.25) is 5.88 Å². The largest absolute Gasteiger partial charge is 0.481 e. The highest BCUT2D eigenvalue weighted by Gasteiger charge is 2.23. The van der Waals surface area contributed by atoms with E-state index in [1.807, 2.05) is 18.3 Å². The molecule has 2 atom stereocenters. The number of hydrogen-bond donors (Lipinski definition) is 1. The second-order valence-corrected chi connectivity index (χ2v) is 5.70. The molecular weight excluding hydrogens is 224 g/mol. The van der Waals surface area contributed by atoms with Gasteiger partial charge in [-0.1, -0.05) is 13.8 Å². The zero-order valence-corrected chi connectivity index (χ0v) is 11.6. The van der Waals surface area contributed by atoms with Gasteiger partial charge in [0.05, 0.1) is 7.11 Å². The van der Waals surface area contributed by atoms with E-state index in [0.29, 0.717) is 11.9 Å². The Balaban J connectivity index is 1.86. The smallest absolute Gasteiger partial charge is 0.213 e. The van der Waals surface area contributed by atoms with Gasteiger partial charge >= 0.3 is 0 Å². The minimum Gasteiger partial charge on any atom is -0.481 e. The SMILES string of the molecule is COc1cc(CNC2CC(C)CC(C)C2)ccn1. The first kappa shape index (κ1) is 13.3. The summed E-state index contributed by atoms with van der Waals surface area (Å²) in [5.74, 6) is 2.39. The van der Waals surface area contributed by atoms with Crippen molar-refractivity contribution in [2.45, 2.75) is 45.7 Å². The fourth-order valence-corrected chi connectivity index (χ4v) is 3.05. The highest BCUT2D eigenvalue weighted by Crippen LogP contribution is 2.28. The molecule has 0 spiro atoms. The standard InChI is InChI=1S/C15H24N2O/c1-11-6-12(2)8-14(7-11)17-10-13-4-5-16-15(9-13)18-3/h4-5,9,11-12,14,17H,6-8,10H2,1-3H3. The van der Waals surface area contributed by atoms with Gasteiger partial charge in [0.15, 0.2) is 0 Å². The lowest BCUT2D eigenvalue weighted by atomic mass is 9.80. The van der Waals surface area contributed by atoms with Crippen molar-refractivity contribution in [1.29, 1.82) is 0 Å². The zero-order chi connectivity index (χ0) is 13.0. The number of ether oxygens (including phenoxy) is 1. The molecule has 3 nitrogen and oxygen atoms in total. The van der Waals surface area contributed by atoms with Crippen molar-refractivity contribution in [3.05, 3.63) is 23.9 Å². The number of aromatic nitrogens is 1. The molecule has 1 heterocycles. The van der Waals surface area contributed by atoms with Crippen LogP contribution in [-0.2, 0) is 6.54 Å². The predicted octanol–water partition coefficient (Wildman–Crippen LogP) is 3.00. The second-order valence-electron chi connectivity index (χ2n) is 5.70. The van der Waals surface area contributed by atoms with Crippen LogP contribution >= 0.6 is 0 Å². The van der Waals surface area contributed by atoms with Crippen molar-refractivity contribution in [3.8, 4) is 5.88 Å². The van der Waals surface area contributed by atoms with E-state index in [2.05, 4.69) is 24.1 Å². The molecule has 1 N–H and O–H groups in total. The van der Waals surface area contributed by atoms with Gasteiger partial charge in [-0.3, -0.25) is 0 Å². The summed E-state index contributed by atoms with van der Waals surface area (Å²) >= 11 is 0. The molecule has 0 bridgehead atoms. The average Bonchev–Trinajstić information content (AvgIpc) is 2.35. The van der Waals surface area contributed by atoms with Crippen molar-refractivity contribution in [3.63, 3.8) is 0 Å². The molecule has 0 radical (unpaired) electrons. The molecule has 0 aromatic carbocycles. The first-order valence-electron chi connectivity index (χ1n) is 6.89. The molecule has 18 heavy (non-hydrogen) atoms. The van der Waals surface area contributed by atoms with Gasteiger partial charge < -0.3 is 10.1 Å². The van der Waals surface area contributed by atoms with Crippen molar-refractivity contribution in [2.75, 3.05) is 7.11 Å². The maximum atomic E-state index is 5.14. The van der Waals surface area contributed by atoms with Gasteiger partial charge in [-0.25, -0.2) is 4.98 Å². The van der Waals surface area contributed by atoms with E-state index in [1.54, 1.807) is 7.11 Å². The van der Waals surface area contributed by atoms with Gasteiger partial charge in [-0.05, 0) is 42.7 Å². The quantitative estimate of drug-likeness (QED) is 0.889. The van der Waals surface area contributed by atoms with Gasteiger partial charge in [-0.2, -0.15) is 0 Å². The summed E-state index contributed by atoms with van der Waals surface area (Å²) in [5.41, 5.74) is 1.24. The fraction of sp³-hybridized carbons (Fsp3) is 0.667. The fourth-order valence-electron chi connectivity index (χ4n) is 3.05. The summed E-state index contributed by atoms with van der Waals surface area (Å²) in [6.07, 6.45) is 5.78. The van der Waals surface area contributed by atoms with Crippen molar-refractivity contribution < 1.29 is 4.74 Å². The first-order valence-corrected chi connectivity index (χ1v) is 6.89. The monoisotopic (exact) mass is 248 g/mol. The van der Waals surface area contributed by atoms with Crippen LogP contribution in [0.4, 0.5) is 0 Å². The number of nitrogens with one attached hydrogen (secondary N) is 1. The highest BCUT2D eigenvalue weighted by atomic mass is 16.5. The number of rotatable bonds is 4. The lowest BCUT2D eigenvalue weighted by Crippen LogP contribution is -2.35. The lowest BCUT2D eigenvalue weighted by molar-refractivity contribution is 0.238. The summed E-state index contributed by atoms with van der Waals surface area (Å²) in [5, 5.41) is 3.67. The van der Waals surface area contributed by atoms with Gasteiger partial charge in [-0.15, -0.1) is 0 Å². The van der Waals surface area contributed by atoms with Crippen LogP contribution in [0.2, 0.25) is 0 Å². The Hall–Kier alpha value is -1.09. The minimum absolute atomic E-state index is 0.655. The molecule has 2 unspecified atom stereocenters. The Bertz CT molecular complexity index is 371. The summed E-state index contributed by atoms with van der Waals surface area (Å²) in [4.78, 5) is 4.13. The third-order valence-corrected chi connectivity index (χ3v) is 3.78. The van der Waals surface area contributed by atoms with Crippen LogP contribution < -0.4 is 10.1 Å². The van der Waals surface area contributed by atoms with E-state index in [1.165, 1.54) is 24.8 Å². The maximum absolute atomic E-state index is 5.14. The molecule has 0 amide bonds. The van der Waals surface area contributed by atoms with Crippen molar-refractivity contribution in [1.82, 2.24) is 10.3 Å². The number of methoxy groups -OCH3 is 1. The molecule has 1 aromatic rings. The van der Waals surface area contributed by atoms with E-state index in [4.69, 9.17) is 4.74 Å². The van der Waals surface area contributed by atoms with E-state index in [0.717, 1.165) is 18.4 Å². The molecular formula is C15H24N2O. The Morgan fingerprint density at radius 1 is 1.28 bits per heavy atom. The topological polar surface area (TPSA) is 34.1 Å². The minimum atomic E-state index is 0.655. The molecule has 1 aliphatic carbocycles. The van der Waals surface area contributed by atoms with Crippen molar-refractivity contribution >= 4 is 0 Å². The van der Waals surface area contributed by atoms with Crippen molar-refractivity contribution in [2.24, 2.45) is 11.8 Å². The number of nitrogens with zero attached hydrogens (tertiary/aromatic N) is 1. The average molecular weight is 248 g/mol. The predicted molar refractivity (Wildman–Crippen MR) is 73.6 cm³/mol. The molecule has 1 aliphatic rings. The van der Waals surface area contributed by atoms with Gasteiger partial charge in [0, 0.05) is 24.8 Å². The molecule has 1 fully saturated rings. The molecule has 2 rings (SSSR count). The second kappa shape index (κ2) is 6.19. The van der Waals surface area contributed by atoms with Gasteiger partial charge in [0.25, 0.3) is 0 Å². The molecule has 100 valence electrons. The summed E-state index contributed by atoms with van der Waals surface area (Å²) in [6, 6.07) is 4.70. The third kappa shape index (κ3) is 3.70. The Kier molecular flexibility index (Phi) is 4.59. The lowest BCUT2D eigenvalue weighted by Gasteiger charge is -2.32. The molecule has 1 saturated carbocycles. The summed E-state index contributed by atoms with van der Waals surface area (Å²) in [6.45, 7) is 5.63. The molecule has 3 heteroatoms. The van der Waals surface area contributed by atoms with Crippen LogP contribution in [0, 0.1) is 11.8 Å².